The molecule has 1 atom stereocenters. The zero-order valence-corrected chi connectivity index (χ0v) is 14.4. The molecule has 0 radical (unpaired) electrons. The summed E-state index contributed by atoms with van der Waals surface area (Å²) in [4.78, 5) is 18.6. The van der Waals surface area contributed by atoms with Crippen molar-refractivity contribution in [1.29, 1.82) is 0 Å². The van der Waals surface area contributed by atoms with Gasteiger partial charge in [0.05, 0.1) is 13.2 Å². The number of benzene rings is 1. The van der Waals surface area contributed by atoms with E-state index in [1.165, 1.54) is 11.1 Å². The van der Waals surface area contributed by atoms with E-state index in [1.807, 2.05) is 12.1 Å². The van der Waals surface area contributed by atoms with Crippen molar-refractivity contribution >= 4 is 5.91 Å². The lowest BCUT2D eigenvalue weighted by atomic mass is 9.87. The van der Waals surface area contributed by atoms with Gasteiger partial charge in [-0.25, -0.2) is 0 Å². The summed E-state index contributed by atoms with van der Waals surface area (Å²) >= 11 is 0. The Labute approximate surface area is 148 Å². The van der Waals surface area contributed by atoms with Crippen LogP contribution in [0, 0.1) is 0 Å². The van der Waals surface area contributed by atoms with Crippen molar-refractivity contribution in [3.8, 4) is 0 Å². The van der Waals surface area contributed by atoms with Gasteiger partial charge in [-0.3, -0.25) is 14.7 Å². The number of nitrogens with one attached hydrogen (secondary N) is 1. The van der Waals surface area contributed by atoms with Crippen molar-refractivity contribution in [3.63, 3.8) is 0 Å². The van der Waals surface area contributed by atoms with Gasteiger partial charge in [-0.15, -0.1) is 0 Å². The lowest BCUT2D eigenvalue weighted by Crippen LogP contribution is -2.41. The number of carbonyl (C=O) groups is 1. The molecule has 0 saturated heterocycles. The average molecular weight is 339 g/mol. The molecule has 0 saturated carbocycles. The van der Waals surface area contributed by atoms with E-state index in [2.05, 4.69) is 39.5 Å². The number of aromatic nitrogens is 1. The van der Waals surface area contributed by atoms with E-state index < -0.39 is 0 Å². The van der Waals surface area contributed by atoms with Gasteiger partial charge in [0.2, 0.25) is 5.91 Å². The van der Waals surface area contributed by atoms with Crippen LogP contribution in [0.25, 0.3) is 0 Å². The number of aliphatic hydroxyl groups is 1. The van der Waals surface area contributed by atoms with Crippen molar-refractivity contribution in [2.75, 3.05) is 19.7 Å². The van der Waals surface area contributed by atoms with E-state index in [4.69, 9.17) is 0 Å². The third kappa shape index (κ3) is 4.65. The summed E-state index contributed by atoms with van der Waals surface area (Å²) in [5.41, 5.74) is 3.63. The molecule has 1 unspecified atom stereocenters. The molecular weight excluding hydrogens is 314 g/mol. The highest BCUT2D eigenvalue weighted by molar-refractivity contribution is 5.78. The van der Waals surface area contributed by atoms with Crippen LogP contribution in [-0.4, -0.2) is 40.6 Å². The molecule has 1 heterocycles. The first-order valence-corrected chi connectivity index (χ1v) is 8.86. The molecule has 0 aliphatic heterocycles. The minimum absolute atomic E-state index is 0.0274. The summed E-state index contributed by atoms with van der Waals surface area (Å²) in [6.07, 6.45) is 6.69. The minimum atomic E-state index is -0.0274. The highest BCUT2D eigenvalue weighted by Crippen LogP contribution is 2.33. The molecular formula is C20H25N3O2. The average Bonchev–Trinajstić information content (AvgIpc) is 2.66. The lowest BCUT2D eigenvalue weighted by molar-refractivity contribution is -0.123. The largest absolute Gasteiger partial charge is 0.395 e. The number of nitrogens with zero attached hydrogens (tertiary/aromatic N) is 2. The van der Waals surface area contributed by atoms with Crippen molar-refractivity contribution in [3.05, 3.63) is 65.5 Å². The molecule has 5 heteroatoms. The fraction of sp³-hybridized carbons (Fsp3) is 0.400. The molecule has 0 bridgehead atoms. The van der Waals surface area contributed by atoms with Gasteiger partial charge in [-0.1, -0.05) is 30.3 Å². The Kier molecular flexibility index (Phi) is 6.14. The molecule has 5 nitrogen and oxygen atoms in total. The smallest absolute Gasteiger partial charge is 0.234 e. The maximum absolute atomic E-state index is 12.4. The number of hydrogen-bond acceptors (Lipinski definition) is 4. The Bertz CT molecular complexity index is 690. The Hall–Kier alpha value is -2.24. The number of aliphatic hydroxyl groups excluding tert-OH is 1. The van der Waals surface area contributed by atoms with Crippen LogP contribution in [0.2, 0.25) is 0 Å². The van der Waals surface area contributed by atoms with E-state index in [0.29, 0.717) is 19.6 Å². The van der Waals surface area contributed by atoms with Crippen LogP contribution in [-0.2, 0) is 17.8 Å². The SMILES string of the molecule is O=C(CN(CCO)C1CCCc2ccccc21)NCc1cccnc1. The number of hydrogen-bond donors (Lipinski definition) is 2. The minimum Gasteiger partial charge on any atom is -0.395 e. The molecule has 3 rings (SSSR count). The van der Waals surface area contributed by atoms with Crippen LogP contribution in [0.15, 0.2) is 48.8 Å². The number of carbonyl (C=O) groups excluding carboxylic acids is 1. The fourth-order valence-electron chi connectivity index (χ4n) is 3.52. The first-order valence-electron chi connectivity index (χ1n) is 8.86. The molecule has 1 aromatic heterocycles. The predicted molar refractivity (Wildman–Crippen MR) is 96.9 cm³/mol. The topological polar surface area (TPSA) is 65.5 Å². The monoisotopic (exact) mass is 339 g/mol. The van der Waals surface area contributed by atoms with Crippen molar-refractivity contribution in [2.24, 2.45) is 0 Å². The van der Waals surface area contributed by atoms with Crippen LogP contribution in [0.1, 0.15) is 35.6 Å². The highest BCUT2D eigenvalue weighted by Gasteiger charge is 2.26. The van der Waals surface area contributed by atoms with Gasteiger partial charge in [0.15, 0.2) is 0 Å². The van der Waals surface area contributed by atoms with E-state index in [0.717, 1.165) is 24.8 Å². The second kappa shape index (κ2) is 8.74. The number of aryl methyl sites for hydroxylation is 1. The predicted octanol–water partition coefficient (Wildman–Crippen LogP) is 2.07. The molecule has 0 fully saturated rings. The first-order chi connectivity index (χ1) is 12.3. The Morgan fingerprint density at radius 1 is 1.28 bits per heavy atom. The van der Waals surface area contributed by atoms with Gasteiger partial charge in [-0.2, -0.15) is 0 Å². The Morgan fingerprint density at radius 2 is 2.16 bits per heavy atom. The lowest BCUT2D eigenvalue weighted by Gasteiger charge is -2.35. The van der Waals surface area contributed by atoms with E-state index in [1.54, 1.807) is 12.4 Å². The molecule has 25 heavy (non-hydrogen) atoms. The third-order valence-electron chi connectivity index (χ3n) is 4.72. The van der Waals surface area contributed by atoms with Gasteiger partial charge >= 0.3 is 0 Å². The van der Waals surface area contributed by atoms with E-state index in [9.17, 15) is 9.90 Å². The summed E-state index contributed by atoms with van der Waals surface area (Å²) < 4.78 is 0. The van der Waals surface area contributed by atoms with Crippen LogP contribution >= 0.6 is 0 Å². The summed E-state index contributed by atoms with van der Waals surface area (Å²) in [6, 6.07) is 12.4. The van der Waals surface area contributed by atoms with Crippen LogP contribution in [0.4, 0.5) is 0 Å². The van der Waals surface area contributed by atoms with Crippen LogP contribution in [0.5, 0.6) is 0 Å². The quantitative estimate of drug-likeness (QED) is 0.810. The van der Waals surface area contributed by atoms with Gasteiger partial charge in [0.1, 0.15) is 0 Å². The molecule has 2 N–H and O–H groups in total. The first kappa shape index (κ1) is 17.6. The third-order valence-corrected chi connectivity index (χ3v) is 4.72. The summed E-state index contributed by atoms with van der Waals surface area (Å²) in [5, 5.41) is 12.4. The molecule has 1 aliphatic rings. The molecule has 132 valence electrons. The maximum Gasteiger partial charge on any atom is 0.234 e. The number of rotatable bonds is 7. The zero-order valence-electron chi connectivity index (χ0n) is 14.4. The van der Waals surface area contributed by atoms with Crippen LogP contribution in [0.3, 0.4) is 0 Å². The van der Waals surface area contributed by atoms with Crippen molar-refractivity contribution in [1.82, 2.24) is 15.2 Å². The molecule has 0 spiro atoms. The highest BCUT2D eigenvalue weighted by atomic mass is 16.3. The van der Waals surface area contributed by atoms with Crippen molar-refractivity contribution < 1.29 is 9.90 Å². The second-order valence-corrected chi connectivity index (χ2v) is 6.44. The maximum atomic E-state index is 12.4. The summed E-state index contributed by atoms with van der Waals surface area (Å²) in [5.74, 6) is -0.0274. The molecule has 1 aromatic carbocycles. The molecule has 2 aromatic rings. The van der Waals surface area contributed by atoms with Gasteiger partial charge < -0.3 is 10.4 Å². The standard InChI is InChI=1S/C20H25N3O2/c24-12-11-23(15-20(25)22-14-16-5-4-10-21-13-16)19-9-3-7-17-6-1-2-8-18(17)19/h1-2,4-6,8,10,13,19,24H,3,7,9,11-12,14-15H2,(H,22,25). The Balaban J connectivity index is 1.64. The molecule has 1 amide bonds. The van der Waals surface area contributed by atoms with Gasteiger partial charge in [0.25, 0.3) is 0 Å². The van der Waals surface area contributed by atoms with Gasteiger partial charge in [-0.05, 0) is 42.0 Å². The van der Waals surface area contributed by atoms with Crippen LogP contribution < -0.4 is 5.32 Å². The molecule has 1 aliphatic carbocycles. The van der Waals surface area contributed by atoms with Crippen molar-refractivity contribution in [2.45, 2.75) is 31.8 Å². The fourth-order valence-corrected chi connectivity index (χ4v) is 3.52. The zero-order chi connectivity index (χ0) is 17.5. The van der Waals surface area contributed by atoms with E-state index in [-0.39, 0.29) is 18.6 Å². The summed E-state index contributed by atoms with van der Waals surface area (Å²) in [7, 11) is 0. The normalized spacial score (nSPS) is 16.5. The van der Waals surface area contributed by atoms with Gasteiger partial charge in [0, 0.05) is 31.5 Å². The second-order valence-electron chi connectivity index (χ2n) is 6.44. The van der Waals surface area contributed by atoms with E-state index >= 15 is 0 Å². The Morgan fingerprint density at radius 3 is 2.96 bits per heavy atom. The number of fused-ring (bicyclic) bond motifs is 1. The summed E-state index contributed by atoms with van der Waals surface area (Å²) in [6.45, 7) is 1.31. The number of pyridine rings is 1. The number of amides is 1.